The third kappa shape index (κ3) is 3.65. The lowest BCUT2D eigenvalue weighted by molar-refractivity contribution is 0.0902. The number of halogens is 3. The number of aryl methyl sites for hydroxylation is 1. The van der Waals surface area contributed by atoms with E-state index < -0.39 is 23.6 Å². The van der Waals surface area contributed by atoms with Crippen LogP contribution in [0.15, 0.2) is 12.1 Å². The molecule has 0 fully saturated rings. The molecule has 3 nitrogen and oxygen atoms in total. The molecule has 0 aliphatic rings. The predicted octanol–water partition coefficient (Wildman–Crippen LogP) is 2.26. The van der Waals surface area contributed by atoms with Crippen LogP contribution in [0.25, 0.3) is 0 Å². The zero-order valence-electron chi connectivity index (χ0n) is 10.1. The number of amides is 1. The molecule has 0 aliphatic heterocycles. The van der Waals surface area contributed by atoms with Crippen molar-refractivity contribution < 1.29 is 18.3 Å². The van der Waals surface area contributed by atoms with Gasteiger partial charge in [0, 0.05) is 19.1 Å². The molecule has 0 saturated heterocycles. The normalized spacial score (nSPS) is 12.3. The highest BCUT2D eigenvalue weighted by molar-refractivity contribution is 6.18. The Morgan fingerprint density at radius 3 is 2.67 bits per heavy atom. The van der Waals surface area contributed by atoms with Gasteiger partial charge >= 0.3 is 0 Å². The minimum atomic E-state index is -0.902. The first-order chi connectivity index (χ1) is 8.49. The van der Waals surface area contributed by atoms with Gasteiger partial charge in [-0.25, -0.2) is 8.78 Å². The molecule has 1 aromatic rings. The molecule has 18 heavy (non-hydrogen) atoms. The van der Waals surface area contributed by atoms with Crippen molar-refractivity contribution in [3.63, 3.8) is 0 Å². The summed E-state index contributed by atoms with van der Waals surface area (Å²) in [4.78, 5) is 11.8. The molecule has 0 heterocycles. The van der Waals surface area contributed by atoms with Crippen LogP contribution in [0.2, 0.25) is 0 Å². The molecule has 100 valence electrons. The number of ether oxygens (including phenoxy) is 1. The zero-order chi connectivity index (χ0) is 13.7. The Bertz CT molecular complexity index is 440. The van der Waals surface area contributed by atoms with Gasteiger partial charge in [0.05, 0.1) is 18.2 Å². The van der Waals surface area contributed by atoms with Gasteiger partial charge in [0.2, 0.25) is 0 Å². The van der Waals surface area contributed by atoms with Gasteiger partial charge in [-0.1, -0.05) is 0 Å². The van der Waals surface area contributed by atoms with Crippen LogP contribution in [-0.2, 0) is 4.74 Å². The van der Waals surface area contributed by atoms with E-state index in [4.69, 9.17) is 16.3 Å². The molecule has 0 bridgehead atoms. The Labute approximate surface area is 109 Å². The zero-order valence-corrected chi connectivity index (χ0v) is 10.9. The monoisotopic (exact) mass is 277 g/mol. The summed E-state index contributed by atoms with van der Waals surface area (Å²) in [6.45, 7) is 1.68. The maximum atomic E-state index is 13.5. The van der Waals surface area contributed by atoms with E-state index in [0.717, 1.165) is 6.07 Å². The second-order valence-corrected chi connectivity index (χ2v) is 4.17. The average Bonchev–Trinajstić information content (AvgIpc) is 2.33. The van der Waals surface area contributed by atoms with Crippen LogP contribution in [0.1, 0.15) is 15.9 Å². The molecule has 0 saturated carbocycles. The van der Waals surface area contributed by atoms with Crippen LogP contribution in [0, 0.1) is 18.6 Å². The first-order valence-electron chi connectivity index (χ1n) is 5.31. The molecular weight excluding hydrogens is 264 g/mol. The molecule has 1 amide bonds. The van der Waals surface area contributed by atoms with E-state index in [1.807, 2.05) is 0 Å². The van der Waals surface area contributed by atoms with Gasteiger partial charge in [-0.15, -0.1) is 11.6 Å². The summed E-state index contributed by atoms with van der Waals surface area (Å²) in [7, 11) is 1.47. The lowest BCUT2D eigenvalue weighted by Gasteiger charge is -2.15. The first kappa shape index (κ1) is 14.9. The van der Waals surface area contributed by atoms with Gasteiger partial charge in [0.25, 0.3) is 5.91 Å². The molecule has 0 aromatic heterocycles. The Morgan fingerprint density at radius 1 is 1.44 bits per heavy atom. The fourth-order valence-corrected chi connectivity index (χ4v) is 1.59. The highest BCUT2D eigenvalue weighted by atomic mass is 35.5. The third-order valence-corrected chi connectivity index (χ3v) is 2.75. The summed E-state index contributed by atoms with van der Waals surface area (Å²) >= 11 is 5.63. The minimum absolute atomic E-state index is 0.140. The number of benzene rings is 1. The highest BCUT2D eigenvalue weighted by Crippen LogP contribution is 2.14. The number of carbonyl (C=O) groups is 1. The van der Waals surface area contributed by atoms with Crippen LogP contribution in [0.5, 0.6) is 0 Å². The van der Waals surface area contributed by atoms with E-state index in [1.54, 1.807) is 0 Å². The summed E-state index contributed by atoms with van der Waals surface area (Å²) in [6.07, 6.45) is 0. The van der Waals surface area contributed by atoms with E-state index in [2.05, 4.69) is 5.32 Å². The number of alkyl halides is 1. The smallest absolute Gasteiger partial charge is 0.254 e. The molecule has 0 radical (unpaired) electrons. The van der Waals surface area contributed by atoms with E-state index in [1.165, 1.54) is 14.0 Å². The molecular formula is C12H14ClF2NO2. The maximum Gasteiger partial charge on any atom is 0.254 e. The van der Waals surface area contributed by atoms with Crippen molar-refractivity contribution in [1.29, 1.82) is 0 Å². The first-order valence-corrected chi connectivity index (χ1v) is 5.84. The molecule has 0 spiro atoms. The quantitative estimate of drug-likeness (QED) is 0.839. The highest BCUT2D eigenvalue weighted by Gasteiger charge is 2.17. The lowest BCUT2D eigenvalue weighted by atomic mass is 10.1. The van der Waals surface area contributed by atoms with Crippen LogP contribution < -0.4 is 5.32 Å². The third-order valence-electron chi connectivity index (χ3n) is 2.38. The Hall–Kier alpha value is -1.20. The number of methoxy groups -OCH3 is 1. The largest absolute Gasteiger partial charge is 0.383 e. The van der Waals surface area contributed by atoms with Crippen LogP contribution in [0.3, 0.4) is 0 Å². The molecule has 1 aromatic carbocycles. The molecule has 0 aliphatic carbocycles. The van der Waals surface area contributed by atoms with Crippen molar-refractivity contribution in [3.05, 3.63) is 34.9 Å². The van der Waals surface area contributed by atoms with Crippen molar-refractivity contribution in [2.45, 2.75) is 13.0 Å². The van der Waals surface area contributed by atoms with E-state index in [0.29, 0.717) is 6.07 Å². The Balaban J connectivity index is 2.87. The summed E-state index contributed by atoms with van der Waals surface area (Å²) < 4.78 is 31.4. The van der Waals surface area contributed by atoms with Crippen molar-refractivity contribution in [3.8, 4) is 0 Å². The van der Waals surface area contributed by atoms with Gasteiger partial charge in [-0.2, -0.15) is 0 Å². The number of nitrogens with one attached hydrogen (secondary N) is 1. The summed E-state index contributed by atoms with van der Waals surface area (Å²) in [5, 5.41) is 2.51. The number of rotatable bonds is 5. The van der Waals surface area contributed by atoms with Crippen LogP contribution in [0.4, 0.5) is 8.78 Å². The summed E-state index contributed by atoms with van der Waals surface area (Å²) in [5.74, 6) is -2.09. The van der Waals surface area contributed by atoms with E-state index >= 15 is 0 Å². The van der Waals surface area contributed by atoms with Gasteiger partial charge in [0.15, 0.2) is 0 Å². The second-order valence-electron chi connectivity index (χ2n) is 3.86. The van der Waals surface area contributed by atoms with Gasteiger partial charge in [-0.05, 0) is 18.6 Å². The summed E-state index contributed by atoms with van der Waals surface area (Å²) in [5.41, 5.74) is -0.00386. The van der Waals surface area contributed by atoms with Gasteiger partial charge in [0.1, 0.15) is 11.6 Å². The predicted molar refractivity (Wildman–Crippen MR) is 64.9 cm³/mol. The number of hydrogen-bond donors (Lipinski definition) is 1. The minimum Gasteiger partial charge on any atom is -0.383 e. The van der Waals surface area contributed by atoms with Crippen molar-refractivity contribution in [1.82, 2.24) is 5.32 Å². The average molecular weight is 278 g/mol. The van der Waals surface area contributed by atoms with Crippen molar-refractivity contribution in [2.75, 3.05) is 19.6 Å². The SMILES string of the molecule is COCC(CCl)NC(=O)c1cc(C)c(F)cc1F. The summed E-state index contributed by atoms with van der Waals surface area (Å²) in [6, 6.07) is 1.43. The van der Waals surface area contributed by atoms with E-state index in [-0.39, 0.29) is 23.6 Å². The van der Waals surface area contributed by atoms with Gasteiger partial charge in [-0.3, -0.25) is 4.79 Å². The van der Waals surface area contributed by atoms with Crippen LogP contribution in [-0.4, -0.2) is 31.5 Å². The number of hydrogen-bond acceptors (Lipinski definition) is 2. The van der Waals surface area contributed by atoms with Gasteiger partial charge < -0.3 is 10.1 Å². The fourth-order valence-electron chi connectivity index (χ4n) is 1.42. The molecule has 1 rings (SSSR count). The molecule has 1 unspecified atom stereocenters. The Kier molecular flexibility index (Phi) is 5.50. The maximum absolute atomic E-state index is 13.5. The number of carbonyl (C=O) groups excluding carboxylic acids is 1. The second kappa shape index (κ2) is 6.66. The molecule has 1 atom stereocenters. The van der Waals surface area contributed by atoms with Crippen LogP contribution >= 0.6 is 11.6 Å². The lowest BCUT2D eigenvalue weighted by Crippen LogP contribution is -2.39. The van der Waals surface area contributed by atoms with Crippen molar-refractivity contribution >= 4 is 17.5 Å². The standard InChI is InChI=1S/C12H14ClF2NO2/c1-7-3-9(11(15)4-10(7)14)12(17)16-8(5-13)6-18-2/h3-4,8H,5-6H2,1-2H3,(H,16,17). The fraction of sp³-hybridized carbons (Fsp3) is 0.417. The molecule has 6 heteroatoms. The van der Waals surface area contributed by atoms with Crippen molar-refractivity contribution in [2.24, 2.45) is 0 Å². The topological polar surface area (TPSA) is 38.3 Å². The van der Waals surface area contributed by atoms with E-state index in [9.17, 15) is 13.6 Å². The molecule has 1 N–H and O–H groups in total. The Morgan fingerprint density at radius 2 is 2.11 bits per heavy atom.